The van der Waals surface area contributed by atoms with Gasteiger partial charge in [-0.25, -0.2) is 0 Å². The third-order valence-electron chi connectivity index (χ3n) is 2.88. The molecule has 0 saturated carbocycles. The zero-order chi connectivity index (χ0) is 12.5. The molecule has 1 aliphatic heterocycles. The van der Waals surface area contributed by atoms with E-state index in [-0.39, 0.29) is 23.7 Å². The fourth-order valence-corrected chi connectivity index (χ4v) is 1.88. The SMILES string of the molecule is CC(C)(C)CNC(=O)c1ccc2c(c1)CNC2.Cl. The minimum absolute atomic E-state index is 0. The molecule has 0 fully saturated rings. The molecule has 0 aliphatic carbocycles. The van der Waals surface area contributed by atoms with Crippen molar-refractivity contribution in [3.05, 3.63) is 34.9 Å². The summed E-state index contributed by atoms with van der Waals surface area (Å²) in [5.41, 5.74) is 3.43. The lowest BCUT2D eigenvalue weighted by Gasteiger charge is -2.18. The summed E-state index contributed by atoms with van der Waals surface area (Å²) in [5.74, 6) is 0.0228. The van der Waals surface area contributed by atoms with E-state index < -0.39 is 0 Å². The summed E-state index contributed by atoms with van der Waals surface area (Å²) in [7, 11) is 0. The lowest BCUT2D eigenvalue weighted by atomic mass is 9.97. The zero-order valence-corrected chi connectivity index (χ0v) is 12.0. The van der Waals surface area contributed by atoms with Gasteiger partial charge >= 0.3 is 0 Å². The molecule has 1 amide bonds. The average molecular weight is 269 g/mol. The minimum atomic E-state index is 0. The Morgan fingerprint density at radius 1 is 1.28 bits per heavy atom. The van der Waals surface area contributed by atoms with E-state index in [2.05, 4.69) is 31.4 Å². The zero-order valence-electron chi connectivity index (χ0n) is 11.2. The molecule has 18 heavy (non-hydrogen) atoms. The molecule has 1 aromatic carbocycles. The van der Waals surface area contributed by atoms with Gasteiger partial charge in [-0.3, -0.25) is 4.79 Å². The highest BCUT2D eigenvalue weighted by molar-refractivity contribution is 5.94. The van der Waals surface area contributed by atoms with E-state index in [0.29, 0.717) is 6.54 Å². The molecule has 100 valence electrons. The van der Waals surface area contributed by atoms with Crippen LogP contribution in [-0.2, 0) is 13.1 Å². The monoisotopic (exact) mass is 268 g/mol. The average Bonchev–Trinajstić information content (AvgIpc) is 2.71. The predicted octanol–water partition coefficient (Wildman–Crippen LogP) is 2.49. The van der Waals surface area contributed by atoms with Crippen molar-refractivity contribution in [1.29, 1.82) is 0 Å². The van der Waals surface area contributed by atoms with Gasteiger partial charge in [0.15, 0.2) is 0 Å². The van der Waals surface area contributed by atoms with Crippen molar-refractivity contribution in [2.24, 2.45) is 5.41 Å². The fraction of sp³-hybridized carbons (Fsp3) is 0.500. The molecule has 1 aliphatic rings. The molecular weight excluding hydrogens is 248 g/mol. The maximum atomic E-state index is 12.0. The van der Waals surface area contributed by atoms with Gasteiger partial charge in [-0.2, -0.15) is 0 Å². The minimum Gasteiger partial charge on any atom is -0.352 e. The van der Waals surface area contributed by atoms with Crippen molar-refractivity contribution >= 4 is 18.3 Å². The maximum Gasteiger partial charge on any atom is 0.251 e. The second kappa shape index (κ2) is 5.72. The van der Waals surface area contributed by atoms with Crippen LogP contribution in [0.3, 0.4) is 0 Å². The Morgan fingerprint density at radius 2 is 1.94 bits per heavy atom. The van der Waals surface area contributed by atoms with Crippen LogP contribution in [0.4, 0.5) is 0 Å². The Balaban J connectivity index is 0.00000162. The van der Waals surface area contributed by atoms with E-state index in [4.69, 9.17) is 0 Å². The van der Waals surface area contributed by atoms with Crippen LogP contribution in [0.2, 0.25) is 0 Å². The number of rotatable bonds is 2. The molecule has 0 unspecified atom stereocenters. The van der Waals surface area contributed by atoms with E-state index in [9.17, 15) is 4.79 Å². The van der Waals surface area contributed by atoms with E-state index in [0.717, 1.165) is 18.7 Å². The van der Waals surface area contributed by atoms with Crippen LogP contribution in [0.5, 0.6) is 0 Å². The summed E-state index contributed by atoms with van der Waals surface area (Å²) >= 11 is 0. The fourth-order valence-electron chi connectivity index (χ4n) is 1.88. The van der Waals surface area contributed by atoms with E-state index in [1.54, 1.807) is 0 Å². The Bertz CT molecular complexity index is 438. The second-order valence-electron chi connectivity index (χ2n) is 5.83. The van der Waals surface area contributed by atoms with Crippen LogP contribution in [0.1, 0.15) is 42.3 Å². The Morgan fingerprint density at radius 3 is 2.61 bits per heavy atom. The second-order valence-corrected chi connectivity index (χ2v) is 5.83. The first-order chi connectivity index (χ1) is 7.96. The third kappa shape index (κ3) is 3.72. The summed E-state index contributed by atoms with van der Waals surface area (Å²) in [6.45, 7) is 8.82. The standard InChI is InChI=1S/C14H20N2O.ClH/c1-14(2,3)9-16-13(17)10-4-5-11-7-15-8-12(11)6-10;/h4-6,15H,7-9H2,1-3H3,(H,16,17);1H. The highest BCUT2D eigenvalue weighted by Gasteiger charge is 2.15. The highest BCUT2D eigenvalue weighted by Crippen LogP contribution is 2.17. The molecular formula is C14H21ClN2O. The number of carbonyl (C=O) groups excluding carboxylic acids is 1. The van der Waals surface area contributed by atoms with Gasteiger partial charge in [-0.05, 0) is 28.7 Å². The van der Waals surface area contributed by atoms with Crippen LogP contribution in [0, 0.1) is 5.41 Å². The van der Waals surface area contributed by atoms with Crippen molar-refractivity contribution in [1.82, 2.24) is 10.6 Å². The van der Waals surface area contributed by atoms with Gasteiger partial charge in [-0.15, -0.1) is 12.4 Å². The summed E-state index contributed by atoms with van der Waals surface area (Å²) in [4.78, 5) is 12.0. The maximum absolute atomic E-state index is 12.0. The number of halogens is 1. The van der Waals surface area contributed by atoms with Crippen LogP contribution < -0.4 is 10.6 Å². The first kappa shape index (κ1) is 15.0. The molecule has 0 aromatic heterocycles. The lowest BCUT2D eigenvalue weighted by Crippen LogP contribution is -2.32. The molecule has 0 saturated heterocycles. The molecule has 1 aromatic rings. The quantitative estimate of drug-likeness (QED) is 0.865. The summed E-state index contributed by atoms with van der Waals surface area (Å²) in [6.07, 6.45) is 0. The van der Waals surface area contributed by atoms with Crippen molar-refractivity contribution < 1.29 is 4.79 Å². The van der Waals surface area contributed by atoms with E-state index in [1.807, 2.05) is 18.2 Å². The lowest BCUT2D eigenvalue weighted by molar-refractivity contribution is 0.0939. The normalized spacial score (nSPS) is 13.7. The first-order valence-corrected chi connectivity index (χ1v) is 6.06. The van der Waals surface area contributed by atoms with Gasteiger partial charge in [0.05, 0.1) is 0 Å². The smallest absolute Gasteiger partial charge is 0.251 e. The Kier molecular flexibility index (Phi) is 4.77. The van der Waals surface area contributed by atoms with Crippen LogP contribution in [0.15, 0.2) is 18.2 Å². The predicted molar refractivity (Wildman–Crippen MR) is 76.0 cm³/mol. The summed E-state index contributed by atoms with van der Waals surface area (Å²) in [6, 6.07) is 5.94. The largest absolute Gasteiger partial charge is 0.352 e. The molecule has 1 heterocycles. The molecule has 2 N–H and O–H groups in total. The van der Waals surface area contributed by atoms with Gasteiger partial charge < -0.3 is 10.6 Å². The molecule has 3 nitrogen and oxygen atoms in total. The molecule has 2 rings (SSSR count). The van der Waals surface area contributed by atoms with Gasteiger partial charge in [0, 0.05) is 25.2 Å². The highest BCUT2D eigenvalue weighted by atomic mass is 35.5. The van der Waals surface area contributed by atoms with Gasteiger partial charge in [0.25, 0.3) is 5.91 Å². The van der Waals surface area contributed by atoms with Crippen LogP contribution in [0.25, 0.3) is 0 Å². The number of fused-ring (bicyclic) bond motifs is 1. The molecule has 0 atom stereocenters. The molecule has 0 radical (unpaired) electrons. The van der Waals surface area contributed by atoms with Gasteiger partial charge in [-0.1, -0.05) is 26.8 Å². The van der Waals surface area contributed by atoms with Crippen molar-refractivity contribution in [2.75, 3.05) is 6.54 Å². The summed E-state index contributed by atoms with van der Waals surface area (Å²) < 4.78 is 0. The van der Waals surface area contributed by atoms with Crippen LogP contribution >= 0.6 is 12.4 Å². The van der Waals surface area contributed by atoms with Crippen LogP contribution in [-0.4, -0.2) is 12.5 Å². The Hall–Kier alpha value is -1.06. The number of amides is 1. The third-order valence-corrected chi connectivity index (χ3v) is 2.88. The molecule has 0 spiro atoms. The molecule has 4 heteroatoms. The number of carbonyl (C=O) groups is 1. The van der Waals surface area contributed by atoms with Crippen molar-refractivity contribution in [3.63, 3.8) is 0 Å². The van der Waals surface area contributed by atoms with Gasteiger partial charge in [0.2, 0.25) is 0 Å². The number of hydrogen-bond acceptors (Lipinski definition) is 2. The number of nitrogens with one attached hydrogen (secondary N) is 2. The number of benzene rings is 1. The van der Waals surface area contributed by atoms with E-state index in [1.165, 1.54) is 11.1 Å². The van der Waals surface area contributed by atoms with Crippen molar-refractivity contribution in [2.45, 2.75) is 33.9 Å². The molecule has 0 bridgehead atoms. The topological polar surface area (TPSA) is 41.1 Å². The first-order valence-electron chi connectivity index (χ1n) is 6.06. The van der Waals surface area contributed by atoms with E-state index >= 15 is 0 Å². The summed E-state index contributed by atoms with van der Waals surface area (Å²) in [5, 5.41) is 6.25. The van der Waals surface area contributed by atoms with Crippen molar-refractivity contribution in [3.8, 4) is 0 Å². The van der Waals surface area contributed by atoms with Gasteiger partial charge in [0.1, 0.15) is 0 Å². The Labute approximate surface area is 115 Å². The number of hydrogen-bond donors (Lipinski definition) is 2.